The van der Waals surface area contributed by atoms with E-state index in [1.165, 1.54) is 18.4 Å². The van der Waals surface area contributed by atoms with Crippen LogP contribution in [0.15, 0.2) is 80.6 Å². The fourth-order valence-electron chi connectivity index (χ4n) is 3.90. The number of nitrogens with zero attached hydrogens (tertiary/aromatic N) is 2. The van der Waals surface area contributed by atoms with Crippen LogP contribution in [0, 0.1) is 0 Å². The first-order valence-corrected chi connectivity index (χ1v) is 12.3. The lowest BCUT2D eigenvalue weighted by Gasteiger charge is -2.24. The molecule has 0 bridgehead atoms. The molecule has 180 valence electrons. The Balaban J connectivity index is 1.90. The van der Waals surface area contributed by atoms with Gasteiger partial charge in [-0.05, 0) is 52.2 Å². The number of esters is 1. The van der Waals surface area contributed by atoms with Crippen molar-refractivity contribution in [2.24, 2.45) is 4.99 Å². The van der Waals surface area contributed by atoms with Crippen molar-refractivity contribution < 1.29 is 19.0 Å². The van der Waals surface area contributed by atoms with Crippen molar-refractivity contribution in [3.63, 3.8) is 0 Å². The third kappa shape index (κ3) is 4.74. The lowest BCUT2D eigenvalue weighted by molar-refractivity contribution is -0.136. The molecule has 0 saturated heterocycles. The Morgan fingerprint density at radius 2 is 2.00 bits per heavy atom. The Labute approximate surface area is 214 Å². The van der Waals surface area contributed by atoms with Crippen LogP contribution in [-0.2, 0) is 9.53 Å². The normalized spacial score (nSPS) is 15.3. The highest BCUT2D eigenvalue weighted by Crippen LogP contribution is 2.37. The van der Waals surface area contributed by atoms with Crippen molar-refractivity contribution in [2.45, 2.75) is 13.0 Å². The number of hydrogen-bond acceptors (Lipinski definition) is 7. The van der Waals surface area contributed by atoms with Crippen LogP contribution in [0.25, 0.3) is 6.08 Å². The predicted molar refractivity (Wildman–Crippen MR) is 139 cm³/mol. The Kier molecular flexibility index (Phi) is 7.37. The van der Waals surface area contributed by atoms with Crippen molar-refractivity contribution in [1.82, 2.24) is 4.57 Å². The highest BCUT2D eigenvalue weighted by molar-refractivity contribution is 9.10. The molecule has 0 N–H and O–H groups in total. The van der Waals surface area contributed by atoms with Gasteiger partial charge in [0, 0.05) is 0 Å². The van der Waals surface area contributed by atoms with E-state index in [1.54, 1.807) is 36.8 Å². The molecular weight excluding hydrogens is 532 g/mol. The van der Waals surface area contributed by atoms with Crippen LogP contribution < -0.4 is 24.4 Å². The van der Waals surface area contributed by atoms with Crippen LogP contribution in [0.3, 0.4) is 0 Å². The lowest BCUT2D eigenvalue weighted by Crippen LogP contribution is -2.39. The van der Waals surface area contributed by atoms with Crippen LogP contribution in [0.2, 0.25) is 0 Å². The number of hydrogen-bond donors (Lipinski definition) is 0. The summed E-state index contributed by atoms with van der Waals surface area (Å²) in [5.41, 5.74) is 2.14. The highest BCUT2D eigenvalue weighted by atomic mass is 79.9. The summed E-state index contributed by atoms with van der Waals surface area (Å²) in [5.74, 6) is 0.554. The van der Waals surface area contributed by atoms with Gasteiger partial charge in [0.1, 0.15) is 6.61 Å². The minimum absolute atomic E-state index is 0.251. The number of methoxy groups -OCH3 is 2. The molecule has 4 rings (SSSR count). The zero-order valence-corrected chi connectivity index (χ0v) is 21.8. The smallest absolute Gasteiger partial charge is 0.338 e. The van der Waals surface area contributed by atoms with Gasteiger partial charge in [0.05, 0.1) is 40.5 Å². The third-order valence-corrected chi connectivity index (χ3v) is 7.01. The van der Waals surface area contributed by atoms with E-state index in [1.807, 2.05) is 36.4 Å². The van der Waals surface area contributed by atoms with Crippen LogP contribution in [0.5, 0.6) is 11.5 Å². The molecule has 1 aliphatic rings. The summed E-state index contributed by atoms with van der Waals surface area (Å²) >= 11 is 4.78. The summed E-state index contributed by atoms with van der Waals surface area (Å²) in [6.45, 7) is 5.75. The van der Waals surface area contributed by atoms with Gasteiger partial charge in [0.25, 0.3) is 5.56 Å². The molecule has 0 saturated carbocycles. The molecule has 2 aromatic carbocycles. The maximum Gasteiger partial charge on any atom is 0.338 e. The van der Waals surface area contributed by atoms with Crippen LogP contribution in [0.4, 0.5) is 0 Å². The molecule has 7 nitrogen and oxygen atoms in total. The molecule has 0 fully saturated rings. The van der Waals surface area contributed by atoms with Gasteiger partial charge in [-0.3, -0.25) is 9.36 Å². The van der Waals surface area contributed by atoms with Crippen molar-refractivity contribution in [3.05, 3.63) is 102 Å². The Hall–Kier alpha value is -3.43. The van der Waals surface area contributed by atoms with Crippen molar-refractivity contribution in [3.8, 4) is 11.5 Å². The standard InChI is InChI=1S/C26H23BrN2O5S/c1-5-11-34-23-18(27)12-16(13-19(23)32-3)14-20-24(30)29-22(17-9-7-6-8-10-17)21(25(31)33-4)15(2)28-26(29)35-20/h5-10,12-14,22H,1,11H2,2-4H3/b20-14-/t22-/m0/s1. The van der Waals surface area contributed by atoms with Gasteiger partial charge >= 0.3 is 5.97 Å². The number of fused-ring (bicyclic) bond motifs is 1. The Morgan fingerprint density at radius 1 is 1.26 bits per heavy atom. The van der Waals surface area contributed by atoms with Gasteiger partial charge in [-0.1, -0.05) is 54.3 Å². The molecule has 0 amide bonds. The third-order valence-electron chi connectivity index (χ3n) is 5.44. The summed E-state index contributed by atoms with van der Waals surface area (Å²) < 4.78 is 18.9. The van der Waals surface area contributed by atoms with Crippen molar-refractivity contribution >= 4 is 39.3 Å². The van der Waals surface area contributed by atoms with Crippen molar-refractivity contribution in [1.29, 1.82) is 0 Å². The van der Waals surface area contributed by atoms with E-state index in [0.717, 1.165) is 11.1 Å². The fourth-order valence-corrected chi connectivity index (χ4v) is 5.52. The quantitative estimate of drug-likeness (QED) is 0.328. The molecule has 0 spiro atoms. The molecule has 0 unspecified atom stereocenters. The van der Waals surface area contributed by atoms with E-state index >= 15 is 0 Å². The molecule has 1 aromatic heterocycles. The fraction of sp³-hybridized carbons (Fsp3) is 0.192. The molecule has 1 aliphatic heterocycles. The number of carbonyl (C=O) groups excluding carboxylic acids is 1. The van der Waals surface area contributed by atoms with Gasteiger partial charge in [0.15, 0.2) is 16.3 Å². The second kappa shape index (κ2) is 10.5. The summed E-state index contributed by atoms with van der Waals surface area (Å²) in [7, 11) is 2.88. The number of carbonyl (C=O) groups is 1. The maximum absolute atomic E-state index is 13.6. The zero-order chi connectivity index (χ0) is 25.1. The number of thiazole rings is 1. The van der Waals surface area contributed by atoms with Crippen LogP contribution in [0.1, 0.15) is 24.1 Å². The van der Waals surface area contributed by atoms with E-state index in [2.05, 4.69) is 27.5 Å². The predicted octanol–water partition coefficient (Wildman–Crippen LogP) is 3.74. The number of halogens is 1. The second-order valence-electron chi connectivity index (χ2n) is 7.62. The largest absolute Gasteiger partial charge is 0.493 e. The van der Waals surface area contributed by atoms with Gasteiger partial charge in [-0.2, -0.15) is 0 Å². The summed E-state index contributed by atoms with van der Waals surface area (Å²) in [4.78, 5) is 31.4. The molecule has 2 heterocycles. The summed E-state index contributed by atoms with van der Waals surface area (Å²) in [5, 5.41) is 0. The lowest BCUT2D eigenvalue weighted by atomic mass is 9.96. The van der Waals surface area contributed by atoms with Crippen LogP contribution >= 0.6 is 27.3 Å². The number of allylic oxidation sites excluding steroid dienone is 1. The maximum atomic E-state index is 13.6. The average Bonchev–Trinajstić information content (AvgIpc) is 3.16. The molecule has 1 atom stereocenters. The molecule has 9 heteroatoms. The molecule has 3 aromatic rings. The van der Waals surface area contributed by atoms with E-state index in [0.29, 0.717) is 43.2 Å². The number of benzene rings is 2. The van der Waals surface area contributed by atoms with Crippen molar-refractivity contribution in [2.75, 3.05) is 20.8 Å². The first-order valence-electron chi connectivity index (χ1n) is 10.7. The molecule has 0 aliphatic carbocycles. The van der Waals surface area contributed by atoms with Gasteiger partial charge in [-0.25, -0.2) is 9.79 Å². The molecule has 35 heavy (non-hydrogen) atoms. The minimum Gasteiger partial charge on any atom is -0.493 e. The first-order chi connectivity index (χ1) is 16.9. The number of rotatable bonds is 7. The van der Waals surface area contributed by atoms with Crippen LogP contribution in [-0.4, -0.2) is 31.4 Å². The van der Waals surface area contributed by atoms with Gasteiger partial charge in [-0.15, -0.1) is 0 Å². The van der Waals surface area contributed by atoms with Gasteiger partial charge in [0.2, 0.25) is 0 Å². The second-order valence-corrected chi connectivity index (χ2v) is 9.48. The first kappa shape index (κ1) is 24.7. The average molecular weight is 555 g/mol. The summed E-state index contributed by atoms with van der Waals surface area (Å²) in [6, 6.07) is 12.4. The Morgan fingerprint density at radius 3 is 2.66 bits per heavy atom. The Bertz CT molecular complexity index is 1500. The van der Waals surface area contributed by atoms with E-state index in [9.17, 15) is 9.59 Å². The van der Waals surface area contributed by atoms with E-state index in [-0.39, 0.29) is 5.56 Å². The van der Waals surface area contributed by atoms with Gasteiger partial charge < -0.3 is 14.2 Å². The minimum atomic E-state index is -0.641. The molecular formula is C26H23BrN2O5S. The monoisotopic (exact) mass is 554 g/mol. The SMILES string of the molecule is C=CCOc1c(Br)cc(/C=c2\sc3n(c2=O)[C@@H](c2ccccc2)C(C(=O)OC)=C(C)N=3)cc1OC. The summed E-state index contributed by atoms with van der Waals surface area (Å²) in [6.07, 6.45) is 3.42. The van der Waals surface area contributed by atoms with E-state index in [4.69, 9.17) is 14.2 Å². The number of aromatic nitrogens is 1. The number of ether oxygens (including phenoxy) is 3. The molecule has 0 radical (unpaired) electrons. The van der Waals surface area contributed by atoms with E-state index < -0.39 is 12.0 Å². The topological polar surface area (TPSA) is 79.1 Å². The zero-order valence-electron chi connectivity index (χ0n) is 19.4. The highest BCUT2D eigenvalue weighted by Gasteiger charge is 2.32.